The number of carbonyl (C=O) groups excluding carboxylic acids is 2. The lowest BCUT2D eigenvalue weighted by atomic mass is 10.0. The molecular formula is C57H106O5. The van der Waals surface area contributed by atoms with Gasteiger partial charge in [-0.1, -0.05) is 256 Å². The lowest BCUT2D eigenvalue weighted by Gasteiger charge is -2.18. The van der Waals surface area contributed by atoms with E-state index in [1.807, 2.05) is 0 Å². The molecule has 0 aliphatic carbocycles. The van der Waals surface area contributed by atoms with Crippen LogP contribution in [-0.4, -0.2) is 37.9 Å². The van der Waals surface area contributed by atoms with Crippen LogP contribution in [0.2, 0.25) is 0 Å². The molecule has 0 fully saturated rings. The second kappa shape index (κ2) is 53.5. The van der Waals surface area contributed by atoms with Gasteiger partial charge in [0.1, 0.15) is 19.3 Å². The van der Waals surface area contributed by atoms with Crippen LogP contribution >= 0.6 is 0 Å². The fourth-order valence-corrected chi connectivity index (χ4v) is 8.02. The number of ether oxygens (including phenoxy) is 3. The SMILES string of the molecule is CCCCC/C=C\C/C=C\C/C=C\CCCCCCC(=O)OC[C@H](COC(=O)CCCCCCCCCCCCCCC)OCCCCCCCCCCCCCCCCCC. The van der Waals surface area contributed by atoms with Crippen molar-refractivity contribution in [2.24, 2.45) is 0 Å². The summed E-state index contributed by atoms with van der Waals surface area (Å²) >= 11 is 0. The van der Waals surface area contributed by atoms with Crippen molar-refractivity contribution in [1.29, 1.82) is 0 Å². The molecule has 0 aromatic rings. The van der Waals surface area contributed by atoms with Crippen LogP contribution in [0.15, 0.2) is 36.5 Å². The first kappa shape index (κ1) is 60.1. The largest absolute Gasteiger partial charge is 0.463 e. The van der Waals surface area contributed by atoms with Crippen LogP contribution in [0.25, 0.3) is 0 Å². The number of unbranched alkanes of at least 4 members (excludes halogenated alkanes) is 34. The Morgan fingerprint density at radius 2 is 0.613 bits per heavy atom. The van der Waals surface area contributed by atoms with Gasteiger partial charge in [0.25, 0.3) is 0 Å². The second-order valence-electron chi connectivity index (χ2n) is 18.5. The number of hydrogen-bond acceptors (Lipinski definition) is 5. The third-order valence-electron chi connectivity index (χ3n) is 12.2. The smallest absolute Gasteiger partial charge is 0.305 e. The van der Waals surface area contributed by atoms with Gasteiger partial charge >= 0.3 is 11.9 Å². The molecule has 0 spiro atoms. The van der Waals surface area contributed by atoms with Gasteiger partial charge in [0.2, 0.25) is 0 Å². The lowest BCUT2D eigenvalue weighted by Crippen LogP contribution is -2.29. The topological polar surface area (TPSA) is 61.8 Å². The number of esters is 2. The average Bonchev–Trinajstić information content (AvgIpc) is 3.28. The van der Waals surface area contributed by atoms with Gasteiger partial charge in [-0.05, 0) is 57.8 Å². The quantitative estimate of drug-likeness (QED) is 0.0346. The first-order chi connectivity index (χ1) is 30.6. The Balaban J connectivity index is 4.26. The highest BCUT2D eigenvalue weighted by atomic mass is 16.6. The summed E-state index contributed by atoms with van der Waals surface area (Å²) in [7, 11) is 0. The first-order valence-electron chi connectivity index (χ1n) is 27.5. The van der Waals surface area contributed by atoms with Crippen molar-refractivity contribution < 1.29 is 23.8 Å². The zero-order valence-corrected chi connectivity index (χ0v) is 41.9. The Labute approximate surface area is 387 Å². The van der Waals surface area contributed by atoms with Gasteiger partial charge in [0.05, 0.1) is 0 Å². The fourth-order valence-electron chi connectivity index (χ4n) is 8.02. The summed E-state index contributed by atoms with van der Waals surface area (Å²) in [6, 6.07) is 0. The summed E-state index contributed by atoms with van der Waals surface area (Å²) in [6.07, 6.45) is 64.6. The van der Waals surface area contributed by atoms with E-state index >= 15 is 0 Å². The number of rotatable bonds is 51. The molecule has 0 aliphatic heterocycles. The van der Waals surface area contributed by atoms with Crippen molar-refractivity contribution >= 4 is 11.9 Å². The Morgan fingerprint density at radius 3 is 0.984 bits per heavy atom. The van der Waals surface area contributed by atoms with Gasteiger partial charge in [-0.2, -0.15) is 0 Å². The van der Waals surface area contributed by atoms with Crippen molar-refractivity contribution in [1.82, 2.24) is 0 Å². The van der Waals surface area contributed by atoms with Crippen molar-refractivity contribution in [3.63, 3.8) is 0 Å². The van der Waals surface area contributed by atoms with Crippen molar-refractivity contribution in [3.8, 4) is 0 Å². The van der Waals surface area contributed by atoms with Crippen molar-refractivity contribution in [2.75, 3.05) is 19.8 Å². The molecule has 364 valence electrons. The van der Waals surface area contributed by atoms with Crippen LogP contribution in [0.5, 0.6) is 0 Å². The highest BCUT2D eigenvalue weighted by Crippen LogP contribution is 2.16. The Bertz CT molecular complexity index is 986. The van der Waals surface area contributed by atoms with Crippen LogP contribution in [0.4, 0.5) is 0 Å². The van der Waals surface area contributed by atoms with Gasteiger partial charge in [-0.3, -0.25) is 9.59 Å². The monoisotopic (exact) mass is 871 g/mol. The fraction of sp³-hybridized carbons (Fsp3) is 0.860. The minimum atomic E-state index is -0.403. The molecule has 0 heterocycles. The van der Waals surface area contributed by atoms with E-state index in [1.165, 1.54) is 186 Å². The molecule has 0 rings (SSSR count). The van der Waals surface area contributed by atoms with E-state index in [2.05, 4.69) is 57.2 Å². The molecule has 0 saturated heterocycles. The van der Waals surface area contributed by atoms with E-state index in [1.54, 1.807) is 0 Å². The minimum absolute atomic E-state index is 0.151. The predicted octanol–water partition coefficient (Wildman–Crippen LogP) is 18.6. The zero-order chi connectivity index (χ0) is 44.9. The van der Waals surface area contributed by atoms with E-state index in [4.69, 9.17) is 14.2 Å². The van der Waals surface area contributed by atoms with E-state index < -0.39 is 6.10 Å². The van der Waals surface area contributed by atoms with Gasteiger partial charge in [-0.15, -0.1) is 0 Å². The van der Waals surface area contributed by atoms with Crippen LogP contribution in [0.1, 0.15) is 290 Å². The third-order valence-corrected chi connectivity index (χ3v) is 12.2. The summed E-state index contributed by atoms with van der Waals surface area (Å²) in [5.74, 6) is -0.343. The van der Waals surface area contributed by atoms with E-state index in [0.29, 0.717) is 19.4 Å². The molecule has 0 bridgehead atoms. The molecule has 1 atom stereocenters. The minimum Gasteiger partial charge on any atom is -0.463 e. The molecule has 5 nitrogen and oxygen atoms in total. The van der Waals surface area contributed by atoms with E-state index in [9.17, 15) is 9.59 Å². The number of hydrogen-bond donors (Lipinski definition) is 0. The second-order valence-corrected chi connectivity index (χ2v) is 18.5. The summed E-state index contributed by atoms with van der Waals surface area (Å²) in [5, 5.41) is 0. The predicted molar refractivity (Wildman–Crippen MR) is 270 cm³/mol. The highest BCUT2D eigenvalue weighted by molar-refractivity contribution is 5.69. The molecule has 0 aromatic carbocycles. The third kappa shape index (κ3) is 50.8. The molecule has 0 unspecified atom stereocenters. The maximum absolute atomic E-state index is 12.6. The van der Waals surface area contributed by atoms with E-state index in [0.717, 1.165) is 70.6 Å². The standard InChI is InChI=1S/C57H106O5/c1-4-7-10-13-16-19-22-25-27-29-30-33-36-39-42-45-48-51-57(59)62-54-55(53-61-56(58)50-47-44-41-38-35-32-24-21-18-15-12-9-6-3)60-52-49-46-43-40-37-34-31-28-26-23-20-17-14-11-8-5-2/h16,19,25,27,30,33,55H,4-15,17-18,20-24,26,28-29,31-32,34-54H2,1-3H3/b19-16-,27-25-,33-30-/t55-/m0/s1. The van der Waals surface area contributed by atoms with Gasteiger partial charge in [0, 0.05) is 19.4 Å². The van der Waals surface area contributed by atoms with Crippen molar-refractivity contribution in [2.45, 2.75) is 297 Å². The summed E-state index contributed by atoms with van der Waals surface area (Å²) in [4.78, 5) is 25.2. The molecular weight excluding hydrogens is 765 g/mol. The average molecular weight is 871 g/mol. The lowest BCUT2D eigenvalue weighted by molar-refractivity contribution is -0.155. The molecule has 62 heavy (non-hydrogen) atoms. The molecule has 5 heteroatoms. The molecule has 0 radical (unpaired) electrons. The highest BCUT2D eigenvalue weighted by Gasteiger charge is 2.16. The van der Waals surface area contributed by atoms with Crippen LogP contribution < -0.4 is 0 Å². The van der Waals surface area contributed by atoms with Crippen LogP contribution in [0.3, 0.4) is 0 Å². The first-order valence-corrected chi connectivity index (χ1v) is 27.5. The summed E-state index contributed by atoms with van der Waals surface area (Å²) in [5.41, 5.74) is 0. The number of carbonyl (C=O) groups is 2. The Morgan fingerprint density at radius 1 is 0.339 bits per heavy atom. The normalized spacial score (nSPS) is 12.4. The molecule has 0 saturated carbocycles. The van der Waals surface area contributed by atoms with Gasteiger partial charge in [-0.25, -0.2) is 0 Å². The molecule has 0 amide bonds. The molecule has 0 aliphatic rings. The molecule has 0 aromatic heterocycles. The van der Waals surface area contributed by atoms with E-state index in [-0.39, 0.29) is 25.2 Å². The van der Waals surface area contributed by atoms with Crippen LogP contribution in [0, 0.1) is 0 Å². The molecule has 0 N–H and O–H groups in total. The van der Waals surface area contributed by atoms with Gasteiger partial charge in [0.15, 0.2) is 0 Å². The summed E-state index contributed by atoms with van der Waals surface area (Å²) < 4.78 is 17.5. The number of allylic oxidation sites excluding steroid dienone is 6. The Hall–Kier alpha value is -1.88. The maximum atomic E-state index is 12.6. The summed E-state index contributed by atoms with van der Waals surface area (Å²) in [6.45, 7) is 7.73. The van der Waals surface area contributed by atoms with Crippen molar-refractivity contribution in [3.05, 3.63) is 36.5 Å². The zero-order valence-electron chi connectivity index (χ0n) is 41.9. The maximum Gasteiger partial charge on any atom is 0.305 e. The Kier molecular flexibility index (Phi) is 51.8. The van der Waals surface area contributed by atoms with Gasteiger partial charge < -0.3 is 14.2 Å². The van der Waals surface area contributed by atoms with Crippen LogP contribution in [-0.2, 0) is 23.8 Å².